The van der Waals surface area contributed by atoms with Gasteiger partial charge >= 0.3 is 0 Å². The van der Waals surface area contributed by atoms with Gasteiger partial charge in [-0.3, -0.25) is 0 Å². The van der Waals surface area contributed by atoms with Crippen LogP contribution < -0.4 is 16.8 Å². The van der Waals surface area contributed by atoms with Crippen LogP contribution in [0, 0.1) is 0 Å². The van der Waals surface area contributed by atoms with Gasteiger partial charge in [0.1, 0.15) is 11.6 Å². The maximum absolute atomic E-state index is 5.69. The van der Waals surface area contributed by atoms with E-state index < -0.39 is 0 Å². The molecule has 0 amide bonds. The minimum absolute atomic E-state index is 0.401. The first-order valence-electron chi connectivity index (χ1n) is 6.20. The zero-order valence-electron chi connectivity index (χ0n) is 10.3. The van der Waals surface area contributed by atoms with Crippen LogP contribution in [0.5, 0.6) is 0 Å². The van der Waals surface area contributed by atoms with Crippen LogP contribution in [0.3, 0.4) is 0 Å². The van der Waals surface area contributed by atoms with Crippen LogP contribution in [0.1, 0.15) is 19.8 Å². The molecule has 2 rings (SSSR count). The molecule has 0 aliphatic carbocycles. The topological polar surface area (TPSA) is 80.2 Å². The number of pyridine rings is 1. The van der Waals surface area contributed by atoms with Crippen LogP contribution >= 0.6 is 0 Å². The molecular weight excluding hydrogens is 214 g/mol. The van der Waals surface area contributed by atoms with Crippen molar-refractivity contribution < 1.29 is 0 Å². The van der Waals surface area contributed by atoms with Crippen molar-refractivity contribution in [3.63, 3.8) is 0 Å². The van der Waals surface area contributed by atoms with Crippen molar-refractivity contribution in [2.75, 3.05) is 36.4 Å². The highest BCUT2D eigenvalue weighted by Crippen LogP contribution is 2.18. The molecule has 5 nitrogen and oxygen atoms in total. The van der Waals surface area contributed by atoms with Crippen molar-refractivity contribution in [3.05, 3.63) is 12.1 Å². The zero-order chi connectivity index (χ0) is 12.3. The summed E-state index contributed by atoms with van der Waals surface area (Å²) in [5.74, 6) is 1.22. The molecule has 1 unspecified atom stereocenters. The van der Waals surface area contributed by atoms with E-state index in [-0.39, 0.29) is 0 Å². The van der Waals surface area contributed by atoms with Gasteiger partial charge in [-0.1, -0.05) is 6.92 Å². The predicted molar refractivity (Wildman–Crippen MR) is 71.8 cm³/mol. The molecule has 1 aromatic heterocycles. The van der Waals surface area contributed by atoms with Gasteiger partial charge < -0.3 is 21.7 Å². The Labute approximate surface area is 102 Å². The summed E-state index contributed by atoms with van der Waals surface area (Å²) in [6.07, 6.45) is 2.42. The van der Waals surface area contributed by atoms with Crippen LogP contribution in [-0.4, -0.2) is 35.6 Å². The molecule has 1 saturated heterocycles. The van der Waals surface area contributed by atoms with Crippen molar-refractivity contribution >= 4 is 17.3 Å². The Kier molecular flexibility index (Phi) is 3.68. The lowest BCUT2D eigenvalue weighted by atomic mass is 10.1. The normalized spacial score (nSPS) is 21.4. The highest BCUT2D eigenvalue weighted by Gasteiger charge is 2.18. The fourth-order valence-corrected chi connectivity index (χ4v) is 2.24. The van der Waals surface area contributed by atoms with Gasteiger partial charge in [-0.05, 0) is 38.1 Å². The number of nitrogens with one attached hydrogen (secondary N) is 1. The third-order valence-corrected chi connectivity index (χ3v) is 3.26. The summed E-state index contributed by atoms with van der Waals surface area (Å²) in [4.78, 5) is 6.69. The summed E-state index contributed by atoms with van der Waals surface area (Å²) >= 11 is 0. The van der Waals surface area contributed by atoms with E-state index in [1.165, 1.54) is 19.4 Å². The van der Waals surface area contributed by atoms with Gasteiger partial charge in [0.25, 0.3) is 0 Å². The molecule has 1 aromatic rings. The molecule has 17 heavy (non-hydrogen) atoms. The number of hydrogen-bond acceptors (Lipinski definition) is 5. The maximum atomic E-state index is 5.69. The second kappa shape index (κ2) is 5.23. The van der Waals surface area contributed by atoms with E-state index in [4.69, 9.17) is 11.5 Å². The Morgan fingerprint density at radius 1 is 1.47 bits per heavy atom. The van der Waals surface area contributed by atoms with Crippen LogP contribution in [0.25, 0.3) is 0 Å². The molecule has 1 aliphatic heterocycles. The number of aromatic nitrogens is 1. The number of nitrogens with zero attached hydrogens (tertiary/aromatic N) is 2. The Morgan fingerprint density at radius 3 is 3.00 bits per heavy atom. The molecule has 5 N–H and O–H groups in total. The number of rotatable bonds is 3. The molecule has 94 valence electrons. The fourth-order valence-electron chi connectivity index (χ4n) is 2.24. The highest BCUT2D eigenvalue weighted by molar-refractivity contribution is 5.61. The van der Waals surface area contributed by atoms with Crippen LogP contribution in [-0.2, 0) is 0 Å². The van der Waals surface area contributed by atoms with E-state index in [0.717, 1.165) is 18.9 Å². The van der Waals surface area contributed by atoms with E-state index in [0.29, 0.717) is 17.5 Å². The number of hydrogen-bond donors (Lipinski definition) is 3. The zero-order valence-corrected chi connectivity index (χ0v) is 10.3. The second-order valence-electron chi connectivity index (χ2n) is 4.55. The number of piperidine rings is 1. The average Bonchev–Trinajstić information content (AvgIpc) is 2.34. The standard InChI is InChI=1S/C12H21N5/c1-2-17-7-3-4-9(8-17)15-11-6-5-10(13)12(14)16-11/h5-6,9H,2-4,7-8,13H2,1H3,(H3,14,15,16). The van der Waals surface area contributed by atoms with Crippen LogP contribution in [0.2, 0.25) is 0 Å². The van der Waals surface area contributed by atoms with Crippen molar-refractivity contribution in [1.82, 2.24) is 9.88 Å². The number of nitrogens with two attached hydrogens (primary N) is 2. The summed E-state index contributed by atoms with van der Waals surface area (Å²) < 4.78 is 0. The van der Waals surface area contributed by atoms with Crippen LogP contribution in [0.4, 0.5) is 17.3 Å². The van der Waals surface area contributed by atoms with E-state index in [9.17, 15) is 0 Å². The minimum atomic E-state index is 0.401. The monoisotopic (exact) mass is 235 g/mol. The fraction of sp³-hybridized carbons (Fsp3) is 0.583. The molecule has 1 fully saturated rings. The molecule has 1 atom stereocenters. The van der Waals surface area contributed by atoms with Crippen molar-refractivity contribution in [1.29, 1.82) is 0 Å². The number of likely N-dealkylation sites (N-methyl/N-ethyl adjacent to an activating group) is 1. The molecule has 0 spiro atoms. The number of nitrogen functional groups attached to an aromatic ring is 2. The molecule has 2 heterocycles. The lowest BCUT2D eigenvalue weighted by Crippen LogP contribution is -2.41. The van der Waals surface area contributed by atoms with Crippen molar-refractivity contribution in [2.45, 2.75) is 25.8 Å². The molecule has 1 aliphatic rings. The van der Waals surface area contributed by atoms with Gasteiger partial charge in [0.2, 0.25) is 0 Å². The van der Waals surface area contributed by atoms with E-state index >= 15 is 0 Å². The summed E-state index contributed by atoms with van der Waals surface area (Å²) in [6.45, 7) is 5.58. The molecular formula is C12H21N5. The predicted octanol–water partition coefficient (Wildman–Crippen LogP) is 1.14. The quantitative estimate of drug-likeness (QED) is 0.732. The Balaban J connectivity index is 1.97. The van der Waals surface area contributed by atoms with Gasteiger partial charge in [-0.25, -0.2) is 4.98 Å². The molecule has 5 heteroatoms. The molecule has 0 aromatic carbocycles. The van der Waals surface area contributed by atoms with E-state index in [1.54, 1.807) is 6.07 Å². The van der Waals surface area contributed by atoms with Gasteiger partial charge in [-0.15, -0.1) is 0 Å². The van der Waals surface area contributed by atoms with Crippen molar-refractivity contribution in [3.8, 4) is 0 Å². The SMILES string of the molecule is CCN1CCCC(Nc2ccc(N)c(N)n2)C1. The average molecular weight is 235 g/mol. The summed E-state index contributed by atoms with van der Waals surface area (Å²) in [6, 6.07) is 4.14. The smallest absolute Gasteiger partial charge is 0.149 e. The summed E-state index contributed by atoms with van der Waals surface area (Å²) in [5, 5.41) is 3.42. The van der Waals surface area contributed by atoms with Crippen molar-refractivity contribution in [2.24, 2.45) is 0 Å². The van der Waals surface area contributed by atoms with Gasteiger partial charge in [-0.2, -0.15) is 0 Å². The maximum Gasteiger partial charge on any atom is 0.149 e. The van der Waals surface area contributed by atoms with E-state index in [2.05, 4.69) is 22.1 Å². The molecule has 0 radical (unpaired) electrons. The number of likely N-dealkylation sites (tertiary alicyclic amines) is 1. The first-order chi connectivity index (χ1) is 8.19. The first kappa shape index (κ1) is 12.0. The Hall–Kier alpha value is -1.49. The lowest BCUT2D eigenvalue weighted by Gasteiger charge is -2.32. The largest absolute Gasteiger partial charge is 0.396 e. The second-order valence-corrected chi connectivity index (χ2v) is 4.55. The Morgan fingerprint density at radius 2 is 2.29 bits per heavy atom. The van der Waals surface area contributed by atoms with Crippen LogP contribution in [0.15, 0.2) is 12.1 Å². The van der Waals surface area contributed by atoms with E-state index in [1.807, 2.05) is 6.07 Å². The number of anilines is 3. The Bertz CT molecular complexity index is 379. The molecule has 0 bridgehead atoms. The molecule has 0 saturated carbocycles. The third-order valence-electron chi connectivity index (χ3n) is 3.26. The van der Waals surface area contributed by atoms with Gasteiger partial charge in [0.05, 0.1) is 5.69 Å². The summed E-state index contributed by atoms with van der Waals surface area (Å²) in [5.41, 5.74) is 11.9. The summed E-state index contributed by atoms with van der Waals surface area (Å²) in [7, 11) is 0. The van der Waals surface area contributed by atoms with Gasteiger partial charge in [0, 0.05) is 12.6 Å². The van der Waals surface area contributed by atoms with Gasteiger partial charge in [0.15, 0.2) is 0 Å². The minimum Gasteiger partial charge on any atom is -0.396 e. The highest BCUT2D eigenvalue weighted by atomic mass is 15.2. The first-order valence-corrected chi connectivity index (χ1v) is 6.20. The lowest BCUT2D eigenvalue weighted by molar-refractivity contribution is 0.226. The third kappa shape index (κ3) is 3.00.